The fraction of sp³-hybridized carbons (Fsp3) is 0.250. The lowest BCUT2D eigenvalue weighted by Gasteiger charge is -2.23. The molecule has 5 N–H and O–H groups in total. The van der Waals surface area contributed by atoms with Gasteiger partial charge in [0, 0.05) is 23.5 Å². The van der Waals surface area contributed by atoms with E-state index in [0.29, 0.717) is 33.9 Å². The molecule has 0 aliphatic carbocycles. The van der Waals surface area contributed by atoms with Crippen LogP contribution in [0.25, 0.3) is 28.2 Å². The van der Waals surface area contributed by atoms with Crippen LogP contribution in [-0.4, -0.2) is 53.2 Å². The van der Waals surface area contributed by atoms with E-state index in [1.54, 1.807) is 47.3 Å². The number of hydrogen-bond acceptors (Lipinski definition) is 7. The van der Waals surface area contributed by atoms with Crippen molar-refractivity contribution in [3.05, 3.63) is 65.7 Å². The number of hydrogen-bond donors (Lipinski definition) is 4. The van der Waals surface area contributed by atoms with Gasteiger partial charge in [-0.3, -0.25) is 9.38 Å². The third kappa shape index (κ3) is 5.86. The summed E-state index contributed by atoms with van der Waals surface area (Å²) >= 11 is 0. The number of carboxylic acid groups (broad SMARTS) is 1. The number of carbonyl (C=O) groups is 1. The van der Waals surface area contributed by atoms with E-state index in [2.05, 4.69) is 15.0 Å². The van der Waals surface area contributed by atoms with Crippen molar-refractivity contribution in [1.82, 2.24) is 19.4 Å². The maximum Gasteiger partial charge on any atom is 0.490 e. The number of fused-ring (bicyclic) bond motifs is 1. The fourth-order valence-electron chi connectivity index (χ4n) is 3.36. The van der Waals surface area contributed by atoms with E-state index < -0.39 is 24.2 Å². The first-order valence-corrected chi connectivity index (χ1v) is 10.8. The number of benzene rings is 1. The minimum absolute atomic E-state index is 0.101. The first-order chi connectivity index (χ1) is 17.7. The largest absolute Gasteiger partial charge is 0.490 e. The Kier molecular flexibility index (Phi) is 7.98. The van der Waals surface area contributed by atoms with Crippen LogP contribution in [0.4, 0.5) is 27.8 Å². The number of aliphatic carboxylic acids is 1. The Bertz CT molecular complexity index is 1450. The van der Waals surface area contributed by atoms with Crippen LogP contribution in [0.5, 0.6) is 0 Å². The average molecular weight is 539 g/mol. The van der Waals surface area contributed by atoms with E-state index in [-0.39, 0.29) is 18.0 Å². The Morgan fingerprint density at radius 2 is 1.79 bits per heavy atom. The van der Waals surface area contributed by atoms with Crippen LogP contribution in [0.3, 0.4) is 0 Å². The molecule has 4 rings (SSSR count). The van der Waals surface area contributed by atoms with Gasteiger partial charge in [0.15, 0.2) is 11.5 Å². The predicted octanol–water partition coefficient (Wildman–Crippen LogP) is 3.95. The quantitative estimate of drug-likeness (QED) is 0.279. The van der Waals surface area contributed by atoms with Crippen molar-refractivity contribution < 1.29 is 42.1 Å². The number of aliphatic hydroxyl groups excluding tert-OH is 1. The van der Waals surface area contributed by atoms with E-state index >= 15 is 0 Å². The van der Waals surface area contributed by atoms with Gasteiger partial charge >= 0.3 is 12.1 Å². The molecule has 3 heterocycles. The highest BCUT2D eigenvalue weighted by Gasteiger charge is 2.38. The Morgan fingerprint density at radius 1 is 1.13 bits per heavy atom. The summed E-state index contributed by atoms with van der Waals surface area (Å²) in [6.45, 7) is 2.76. The molecule has 0 aliphatic rings. The van der Waals surface area contributed by atoms with Gasteiger partial charge in [0.1, 0.15) is 5.60 Å². The molecule has 38 heavy (non-hydrogen) atoms. The molecule has 0 bridgehead atoms. The predicted molar refractivity (Wildman–Crippen MR) is 126 cm³/mol. The lowest BCUT2D eigenvalue weighted by molar-refractivity contribution is -0.192. The normalized spacial score (nSPS) is 13.2. The molecular formula is C24H22F5N5O4. The van der Waals surface area contributed by atoms with Crippen molar-refractivity contribution in [3.8, 4) is 22.5 Å². The van der Waals surface area contributed by atoms with Crippen LogP contribution >= 0.6 is 0 Å². The van der Waals surface area contributed by atoms with Gasteiger partial charge in [0.05, 0.1) is 29.9 Å². The zero-order chi connectivity index (χ0) is 28.4. The number of nitrogen functional groups attached to an aromatic ring is 1. The Labute approximate surface area is 212 Å². The summed E-state index contributed by atoms with van der Waals surface area (Å²) in [5.41, 5.74) is 8.20. The maximum atomic E-state index is 13.4. The molecular weight excluding hydrogens is 517 g/mol. The molecule has 0 saturated carbocycles. The summed E-state index contributed by atoms with van der Waals surface area (Å²) in [7, 11) is 0. The SMILES string of the molecule is Cc1ccc(C(C)(O)C(F)F)cc1-c1cnc2c(N)nc(-c3ccc(CO)nc3)cn12.O=C(O)C(F)(F)F. The monoisotopic (exact) mass is 539 g/mol. The molecule has 0 saturated heterocycles. The summed E-state index contributed by atoms with van der Waals surface area (Å²) in [6, 6.07) is 8.17. The van der Waals surface area contributed by atoms with Crippen molar-refractivity contribution in [2.45, 2.75) is 38.7 Å². The molecule has 1 unspecified atom stereocenters. The number of aliphatic hydroxyl groups is 2. The second-order valence-electron chi connectivity index (χ2n) is 8.33. The molecule has 0 fully saturated rings. The van der Waals surface area contributed by atoms with Crippen LogP contribution in [0.1, 0.15) is 23.7 Å². The van der Waals surface area contributed by atoms with Crippen molar-refractivity contribution >= 4 is 17.4 Å². The lowest BCUT2D eigenvalue weighted by atomic mass is 9.92. The van der Waals surface area contributed by atoms with Gasteiger partial charge in [0.2, 0.25) is 0 Å². The molecule has 1 atom stereocenters. The smallest absolute Gasteiger partial charge is 0.475 e. The Morgan fingerprint density at radius 3 is 2.32 bits per heavy atom. The topological polar surface area (TPSA) is 147 Å². The Balaban J connectivity index is 0.000000505. The van der Waals surface area contributed by atoms with Gasteiger partial charge in [-0.15, -0.1) is 0 Å². The first-order valence-electron chi connectivity index (χ1n) is 10.8. The molecule has 0 spiro atoms. The summed E-state index contributed by atoms with van der Waals surface area (Å²) in [5, 5.41) is 26.6. The number of halogens is 5. The third-order valence-corrected chi connectivity index (χ3v) is 5.57. The highest BCUT2D eigenvalue weighted by Crippen LogP contribution is 2.34. The molecule has 202 valence electrons. The lowest BCUT2D eigenvalue weighted by Crippen LogP contribution is -2.30. The zero-order valence-corrected chi connectivity index (χ0v) is 19.9. The summed E-state index contributed by atoms with van der Waals surface area (Å²) in [6.07, 6.45) is -3.11. The van der Waals surface area contributed by atoms with Crippen molar-refractivity contribution in [1.29, 1.82) is 0 Å². The maximum absolute atomic E-state index is 13.4. The van der Waals surface area contributed by atoms with Gasteiger partial charge < -0.3 is 21.1 Å². The number of aryl methyl sites for hydroxylation is 1. The standard InChI is InChI=1S/C22H21F2N5O2.C2HF3O2/c1-12-3-5-14(22(2,31)21(23)24)7-16(12)18-9-27-20-19(25)28-17(10-29(18)20)13-4-6-15(11-30)26-8-13;3-2(4,5)1(6)7/h3-10,21,30-31H,11H2,1-2H3,(H2,25,28);(H,6,7). The summed E-state index contributed by atoms with van der Waals surface area (Å²) in [4.78, 5) is 21.8. The van der Waals surface area contributed by atoms with Crippen LogP contribution in [0.15, 0.2) is 48.9 Å². The molecule has 1 aromatic carbocycles. The second-order valence-corrected chi connectivity index (χ2v) is 8.33. The van der Waals surface area contributed by atoms with Gasteiger partial charge in [-0.05, 0) is 43.2 Å². The number of pyridine rings is 1. The number of anilines is 1. The van der Waals surface area contributed by atoms with Crippen LogP contribution < -0.4 is 5.73 Å². The number of aromatic nitrogens is 4. The zero-order valence-electron chi connectivity index (χ0n) is 19.9. The van der Waals surface area contributed by atoms with E-state index in [1.807, 2.05) is 6.92 Å². The van der Waals surface area contributed by atoms with E-state index in [9.17, 15) is 32.2 Å². The molecule has 0 radical (unpaired) electrons. The van der Waals surface area contributed by atoms with Gasteiger partial charge in [-0.2, -0.15) is 13.2 Å². The number of carboxylic acids is 1. The number of rotatable bonds is 5. The highest BCUT2D eigenvalue weighted by molar-refractivity contribution is 5.75. The molecule has 9 nitrogen and oxygen atoms in total. The Hall–Kier alpha value is -4.17. The number of nitrogens with two attached hydrogens (primary N) is 1. The molecule has 0 amide bonds. The van der Waals surface area contributed by atoms with Crippen molar-refractivity contribution in [3.63, 3.8) is 0 Å². The molecule has 14 heteroatoms. The highest BCUT2D eigenvalue weighted by atomic mass is 19.4. The summed E-state index contributed by atoms with van der Waals surface area (Å²) in [5.74, 6) is -2.56. The summed E-state index contributed by atoms with van der Waals surface area (Å²) < 4.78 is 60.2. The minimum Gasteiger partial charge on any atom is -0.475 e. The number of alkyl halides is 5. The minimum atomic E-state index is -5.08. The molecule has 0 aliphatic heterocycles. The first kappa shape index (κ1) is 28.4. The second kappa shape index (κ2) is 10.7. The van der Waals surface area contributed by atoms with E-state index in [1.165, 1.54) is 6.07 Å². The van der Waals surface area contributed by atoms with Gasteiger partial charge in [-0.1, -0.05) is 12.1 Å². The van der Waals surface area contributed by atoms with Gasteiger partial charge in [0.25, 0.3) is 6.43 Å². The van der Waals surface area contributed by atoms with E-state index in [4.69, 9.17) is 15.6 Å². The third-order valence-electron chi connectivity index (χ3n) is 5.57. The molecule has 3 aromatic heterocycles. The number of imidazole rings is 1. The van der Waals surface area contributed by atoms with Crippen LogP contribution in [0, 0.1) is 6.92 Å². The molecule has 4 aromatic rings. The van der Waals surface area contributed by atoms with Gasteiger partial charge in [-0.25, -0.2) is 23.5 Å². The van der Waals surface area contributed by atoms with Crippen LogP contribution in [-0.2, 0) is 17.0 Å². The van der Waals surface area contributed by atoms with Crippen LogP contribution in [0.2, 0.25) is 0 Å². The van der Waals surface area contributed by atoms with E-state index in [0.717, 1.165) is 12.5 Å². The van der Waals surface area contributed by atoms with Crippen molar-refractivity contribution in [2.75, 3.05) is 5.73 Å². The number of nitrogens with zero attached hydrogens (tertiary/aromatic N) is 4. The van der Waals surface area contributed by atoms with Crippen molar-refractivity contribution in [2.24, 2.45) is 0 Å². The average Bonchev–Trinajstić information content (AvgIpc) is 3.28. The fourth-order valence-corrected chi connectivity index (χ4v) is 3.36.